The lowest BCUT2D eigenvalue weighted by atomic mass is 9.88. The zero-order valence-electron chi connectivity index (χ0n) is 19.8. The molecule has 3 aromatic rings. The number of rotatable bonds is 10. The molecule has 0 saturated carbocycles. The van der Waals surface area contributed by atoms with E-state index in [4.69, 9.17) is 4.74 Å². The molecule has 2 atom stereocenters. The molecule has 2 aromatic carbocycles. The number of nitrogens with zero attached hydrogens (tertiary/aromatic N) is 1. The van der Waals surface area contributed by atoms with Crippen molar-refractivity contribution < 1.29 is 13.5 Å². The predicted molar refractivity (Wildman–Crippen MR) is 130 cm³/mol. The number of aromatic nitrogens is 1. The van der Waals surface area contributed by atoms with Crippen LogP contribution >= 0.6 is 0 Å². The van der Waals surface area contributed by atoms with E-state index < -0.39 is 6.43 Å². The first-order chi connectivity index (χ1) is 15.9. The fraction of sp³-hybridized carbons (Fsp3) is 0.481. The maximum absolute atomic E-state index is 12.2. The van der Waals surface area contributed by atoms with Crippen LogP contribution in [0.4, 0.5) is 8.78 Å². The number of para-hydroxylation sites is 1. The summed E-state index contributed by atoms with van der Waals surface area (Å²) in [5.41, 5.74) is 5.17. The van der Waals surface area contributed by atoms with Crippen LogP contribution in [0.25, 0.3) is 10.9 Å². The van der Waals surface area contributed by atoms with Gasteiger partial charge in [-0.05, 0) is 48.6 Å². The number of hydrogen-bond donors (Lipinski definition) is 2. The molecule has 4 nitrogen and oxygen atoms in total. The van der Waals surface area contributed by atoms with Gasteiger partial charge in [0.15, 0.2) is 0 Å². The van der Waals surface area contributed by atoms with Gasteiger partial charge in [0.2, 0.25) is 6.43 Å². The van der Waals surface area contributed by atoms with Gasteiger partial charge in [-0.3, -0.25) is 4.90 Å². The second kappa shape index (κ2) is 10.7. The molecule has 0 bridgehead atoms. The molecule has 33 heavy (non-hydrogen) atoms. The maximum Gasteiger partial charge on any atom is 0.239 e. The van der Waals surface area contributed by atoms with E-state index in [-0.39, 0.29) is 12.5 Å². The molecule has 1 aliphatic heterocycles. The summed E-state index contributed by atoms with van der Waals surface area (Å²) in [5, 5.41) is 4.31. The smallest absolute Gasteiger partial charge is 0.239 e. The molecular weight excluding hydrogens is 420 g/mol. The Kier molecular flexibility index (Phi) is 7.66. The van der Waals surface area contributed by atoms with Crippen molar-refractivity contribution in [1.29, 1.82) is 0 Å². The fourth-order valence-corrected chi connectivity index (χ4v) is 4.90. The van der Waals surface area contributed by atoms with E-state index in [1.165, 1.54) is 27.7 Å². The first kappa shape index (κ1) is 23.7. The fourth-order valence-electron chi connectivity index (χ4n) is 4.90. The molecule has 0 saturated heterocycles. The molecule has 178 valence electrons. The third kappa shape index (κ3) is 5.56. The number of benzene rings is 2. The molecular formula is C27H35F2N3O. The first-order valence-electron chi connectivity index (χ1n) is 12.0. The van der Waals surface area contributed by atoms with Gasteiger partial charge in [0.05, 0.1) is 6.04 Å². The van der Waals surface area contributed by atoms with E-state index in [1.807, 2.05) is 12.1 Å². The number of ether oxygens (including phenoxy) is 1. The van der Waals surface area contributed by atoms with Gasteiger partial charge in [0, 0.05) is 48.7 Å². The Morgan fingerprint density at radius 3 is 2.58 bits per heavy atom. The Morgan fingerprint density at radius 2 is 1.85 bits per heavy atom. The lowest BCUT2D eigenvalue weighted by Crippen LogP contribution is -2.44. The minimum absolute atomic E-state index is 0.128. The summed E-state index contributed by atoms with van der Waals surface area (Å²) >= 11 is 0. The summed E-state index contributed by atoms with van der Waals surface area (Å²) < 4.78 is 30.2. The van der Waals surface area contributed by atoms with Gasteiger partial charge in [0.1, 0.15) is 12.4 Å². The van der Waals surface area contributed by atoms with E-state index in [0.29, 0.717) is 31.7 Å². The summed E-state index contributed by atoms with van der Waals surface area (Å²) in [6, 6.07) is 17.5. The number of hydrogen-bond acceptors (Lipinski definition) is 3. The van der Waals surface area contributed by atoms with E-state index >= 15 is 0 Å². The van der Waals surface area contributed by atoms with Crippen LogP contribution < -0.4 is 10.1 Å². The number of H-pyrrole nitrogens is 1. The van der Waals surface area contributed by atoms with Crippen LogP contribution in [0.1, 0.15) is 50.1 Å². The highest BCUT2D eigenvalue weighted by atomic mass is 19.3. The lowest BCUT2D eigenvalue weighted by Gasteiger charge is -2.42. The Balaban J connectivity index is 1.53. The number of nitrogens with one attached hydrogen (secondary N) is 2. The van der Waals surface area contributed by atoms with Crippen molar-refractivity contribution >= 4 is 10.9 Å². The minimum atomic E-state index is -2.26. The average Bonchev–Trinajstić information content (AvgIpc) is 3.15. The van der Waals surface area contributed by atoms with E-state index in [2.05, 4.69) is 72.4 Å². The molecule has 4 rings (SSSR count). The van der Waals surface area contributed by atoms with Gasteiger partial charge in [-0.2, -0.15) is 0 Å². The molecule has 0 unspecified atom stereocenters. The van der Waals surface area contributed by atoms with Crippen molar-refractivity contribution in [2.75, 3.05) is 26.2 Å². The van der Waals surface area contributed by atoms with Crippen LogP contribution in [0.2, 0.25) is 0 Å². The van der Waals surface area contributed by atoms with Crippen LogP contribution in [0.3, 0.4) is 0 Å². The number of halogens is 2. The maximum atomic E-state index is 12.2. The normalized spacial score (nSPS) is 18.9. The van der Waals surface area contributed by atoms with E-state index in [0.717, 1.165) is 18.7 Å². The Morgan fingerprint density at radius 1 is 1.09 bits per heavy atom. The molecule has 1 aliphatic rings. The van der Waals surface area contributed by atoms with Crippen LogP contribution in [0, 0.1) is 5.92 Å². The van der Waals surface area contributed by atoms with Crippen LogP contribution in [-0.4, -0.2) is 48.6 Å². The molecule has 0 fully saturated rings. The molecule has 1 aromatic heterocycles. The van der Waals surface area contributed by atoms with Crippen LogP contribution in [-0.2, 0) is 6.42 Å². The second-order valence-corrected chi connectivity index (χ2v) is 9.46. The van der Waals surface area contributed by atoms with E-state index in [1.54, 1.807) is 0 Å². The van der Waals surface area contributed by atoms with Gasteiger partial charge in [-0.25, -0.2) is 8.78 Å². The summed E-state index contributed by atoms with van der Waals surface area (Å²) in [6.45, 7) is 9.22. The van der Waals surface area contributed by atoms with Crippen molar-refractivity contribution in [3.8, 4) is 5.75 Å². The van der Waals surface area contributed by atoms with Gasteiger partial charge in [0.25, 0.3) is 0 Å². The molecule has 0 spiro atoms. The second-order valence-electron chi connectivity index (χ2n) is 9.46. The molecule has 2 heterocycles. The largest absolute Gasteiger partial charge is 0.492 e. The number of aromatic amines is 1. The van der Waals surface area contributed by atoms with Gasteiger partial charge in [-0.1, -0.05) is 44.2 Å². The number of fused-ring (bicyclic) bond motifs is 3. The summed E-state index contributed by atoms with van der Waals surface area (Å²) in [7, 11) is 0. The highest BCUT2D eigenvalue weighted by molar-refractivity contribution is 5.85. The first-order valence-corrected chi connectivity index (χ1v) is 12.0. The Bertz CT molecular complexity index is 1030. The Labute approximate surface area is 195 Å². The summed E-state index contributed by atoms with van der Waals surface area (Å²) in [6.07, 6.45) is -1.35. The summed E-state index contributed by atoms with van der Waals surface area (Å²) in [5.74, 6) is 1.37. The van der Waals surface area contributed by atoms with Crippen molar-refractivity contribution in [3.63, 3.8) is 0 Å². The lowest BCUT2D eigenvalue weighted by molar-refractivity contribution is 0.131. The van der Waals surface area contributed by atoms with Gasteiger partial charge < -0.3 is 15.0 Å². The highest BCUT2D eigenvalue weighted by Gasteiger charge is 2.35. The Hall–Kier alpha value is -2.44. The van der Waals surface area contributed by atoms with Crippen molar-refractivity contribution in [2.45, 2.75) is 52.1 Å². The zero-order valence-corrected chi connectivity index (χ0v) is 19.8. The third-order valence-electron chi connectivity index (χ3n) is 6.38. The van der Waals surface area contributed by atoms with Crippen molar-refractivity contribution in [1.82, 2.24) is 15.2 Å². The average molecular weight is 456 g/mol. The monoisotopic (exact) mass is 455 g/mol. The molecule has 0 aliphatic carbocycles. The predicted octanol–water partition coefficient (Wildman–Crippen LogP) is 5.78. The molecule has 2 N–H and O–H groups in total. The third-order valence-corrected chi connectivity index (χ3v) is 6.38. The highest BCUT2D eigenvalue weighted by Crippen LogP contribution is 2.41. The van der Waals surface area contributed by atoms with Gasteiger partial charge in [-0.15, -0.1) is 0 Å². The minimum Gasteiger partial charge on any atom is -0.492 e. The van der Waals surface area contributed by atoms with Gasteiger partial charge >= 0.3 is 0 Å². The zero-order chi connectivity index (χ0) is 23.4. The SMILES string of the molecule is CC(C)CN1[C@H](c2ccc(OCCNCCC(F)F)cc2)c2[nH]c3ccccc3c2C[C@H]1C. The van der Waals surface area contributed by atoms with Crippen LogP contribution in [0.15, 0.2) is 48.5 Å². The van der Waals surface area contributed by atoms with Crippen molar-refractivity contribution in [2.24, 2.45) is 5.92 Å². The molecule has 6 heteroatoms. The summed E-state index contributed by atoms with van der Waals surface area (Å²) in [4.78, 5) is 6.35. The quantitative estimate of drug-likeness (QED) is 0.381. The molecule has 0 radical (unpaired) electrons. The number of alkyl halides is 2. The molecule has 0 amide bonds. The van der Waals surface area contributed by atoms with E-state index in [9.17, 15) is 8.78 Å². The standard InChI is InChI=1S/C27H35F2N3O/c1-18(2)17-32-19(3)16-23-22-6-4-5-7-24(22)31-26(23)27(32)20-8-10-21(11-9-20)33-15-14-30-13-12-25(28)29/h4-11,18-19,25,27,30-31H,12-17H2,1-3H3/t19-,27-/m1/s1. The van der Waals surface area contributed by atoms with Crippen molar-refractivity contribution in [3.05, 3.63) is 65.4 Å². The van der Waals surface area contributed by atoms with Crippen LogP contribution in [0.5, 0.6) is 5.75 Å². The topological polar surface area (TPSA) is 40.3 Å².